The molecule has 1 heterocycles. The fourth-order valence-electron chi connectivity index (χ4n) is 4.19. The maximum Gasteiger partial charge on any atom is 0.243 e. The van der Waals surface area contributed by atoms with Crippen LogP contribution in [0.4, 0.5) is 0 Å². The zero-order valence-corrected chi connectivity index (χ0v) is 21.4. The van der Waals surface area contributed by atoms with Crippen molar-refractivity contribution >= 4 is 23.4 Å². The van der Waals surface area contributed by atoms with E-state index >= 15 is 0 Å². The first-order valence-corrected chi connectivity index (χ1v) is 12.7. The van der Waals surface area contributed by atoms with Crippen LogP contribution in [-0.4, -0.2) is 27.7 Å². The Balaban J connectivity index is 1.60. The molecule has 1 aromatic heterocycles. The number of benzene rings is 3. The number of carbonyl (C=O) groups is 2. The molecular formula is C31H30ClN3O2. The summed E-state index contributed by atoms with van der Waals surface area (Å²) >= 11 is 6.10. The molecule has 0 radical (unpaired) electrons. The van der Waals surface area contributed by atoms with Crippen LogP contribution in [-0.2, 0) is 35.5 Å². The Morgan fingerprint density at radius 1 is 0.757 bits per heavy atom. The van der Waals surface area contributed by atoms with Gasteiger partial charge in [-0.15, -0.1) is 0 Å². The van der Waals surface area contributed by atoms with Gasteiger partial charge in [-0.25, -0.2) is 0 Å². The molecule has 6 heteroatoms. The molecule has 0 saturated heterocycles. The van der Waals surface area contributed by atoms with Crippen molar-refractivity contribution in [2.24, 2.45) is 0 Å². The third kappa shape index (κ3) is 8.02. The van der Waals surface area contributed by atoms with Crippen molar-refractivity contribution in [2.45, 2.75) is 38.4 Å². The van der Waals surface area contributed by atoms with Crippen molar-refractivity contribution in [3.05, 3.63) is 137 Å². The van der Waals surface area contributed by atoms with Crippen LogP contribution in [0.5, 0.6) is 0 Å². The summed E-state index contributed by atoms with van der Waals surface area (Å²) in [5, 5.41) is 3.67. The second-order valence-corrected chi connectivity index (χ2v) is 9.35. The fourth-order valence-corrected chi connectivity index (χ4v) is 4.31. The van der Waals surface area contributed by atoms with Crippen LogP contribution in [0.3, 0.4) is 0 Å². The van der Waals surface area contributed by atoms with Crippen LogP contribution in [0.25, 0.3) is 0 Å². The molecule has 0 spiro atoms. The average molecular weight is 512 g/mol. The van der Waals surface area contributed by atoms with Crippen LogP contribution in [0, 0.1) is 0 Å². The number of amides is 2. The number of hydrogen-bond acceptors (Lipinski definition) is 3. The van der Waals surface area contributed by atoms with Gasteiger partial charge < -0.3 is 10.2 Å². The molecule has 4 aromatic rings. The van der Waals surface area contributed by atoms with E-state index in [0.717, 1.165) is 22.3 Å². The van der Waals surface area contributed by atoms with Crippen LogP contribution >= 0.6 is 11.6 Å². The van der Waals surface area contributed by atoms with Crippen molar-refractivity contribution in [2.75, 3.05) is 0 Å². The molecule has 37 heavy (non-hydrogen) atoms. The van der Waals surface area contributed by atoms with Gasteiger partial charge in [-0.05, 0) is 52.9 Å². The summed E-state index contributed by atoms with van der Waals surface area (Å²) < 4.78 is 0. The predicted octanol–water partition coefficient (Wildman–Crippen LogP) is 5.62. The molecule has 3 aromatic carbocycles. The van der Waals surface area contributed by atoms with Crippen LogP contribution in [0.2, 0.25) is 5.02 Å². The Labute approximate surface area is 223 Å². The van der Waals surface area contributed by atoms with Gasteiger partial charge in [-0.2, -0.15) is 0 Å². The Bertz CT molecular complexity index is 1270. The number of aromatic nitrogens is 1. The molecule has 0 unspecified atom stereocenters. The first-order valence-electron chi connectivity index (χ1n) is 12.4. The van der Waals surface area contributed by atoms with Crippen LogP contribution < -0.4 is 5.32 Å². The number of hydrogen-bond donors (Lipinski definition) is 1. The van der Waals surface area contributed by atoms with Crippen LogP contribution in [0.15, 0.2) is 109 Å². The molecule has 0 aliphatic rings. The van der Waals surface area contributed by atoms with E-state index < -0.39 is 6.04 Å². The minimum atomic E-state index is -0.678. The lowest BCUT2D eigenvalue weighted by Gasteiger charge is -2.32. The summed E-state index contributed by atoms with van der Waals surface area (Å²) in [6, 6.07) is 30.2. The van der Waals surface area contributed by atoms with Crippen molar-refractivity contribution in [1.29, 1.82) is 0 Å². The Morgan fingerprint density at radius 3 is 2.03 bits per heavy atom. The lowest BCUT2D eigenvalue weighted by atomic mass is 10.0. The maximum atomic E-state index is 13.7. The van der Waals surface area contributed by atoms with E-state index in [-0.39, 0.29) is 11.8 Å². The molecule has 0 aliphatic carbocycles. The van der Waals surface area contributed by atoms with Gasteiger partial charge in [0.25, 0.3) is 0 Å². The normalized spacial score (nSPS) is 11.5. The highest BCUT2D eigenvalue weighted by Gasteiger charge is 2.30. The predicted molar refractivity (Wildman–Crippen MR) is 147 cm³/mol. The quantitative estimate of drug-likeness (QED) is 0.284. The van der Waals surface area contributed by atoms with Gasteiger partial charge in [0.05, 0.1) is 0 Å². The number of nitrogens with one attached hydrogen (secondary N) is 1. The van der Waals surface area contributed by atoms with Crippen molar-refractivity contribution in [1.82, 2.24) is 15.2 Å². The molecule has 1 N–H and O–H groups in total. The summed E-state index contributed by atoms with van der Waals surface area (Å²) in [6.07, 6.45) is 4.72. The first-order chi connectivity index (χ1) is 18.1. The van der Waals surface area contributed by atoms with Gasteiger partial charge in [-0.3, -0.25) is 14.6 Å². The molecule has 0 aliphatic heterocycles. The molecule has 0 fully saturated rings. The summed E-state index contributed by atoms with van der Waals surface area (Å²) in [7, 11) is 0. The van der Waals surface area contributed by atoms with Gasteiger partial charge in [0, 0.05) is 43.3 Å². The van der Waals surface area contributed by atoms with Gasteiger partial charge >= 0.3 is 0 Å². The molecule has 2 amide bonds. The van der Waals surface area contributed by atoms with E-state index in [0.29, 0.717) is 37.4 Å². The minimum Gasteiger partial charge on any atom is -0.350 e. The molecule has 188 valence electrons. The van der Waals surface area contributed by atoms with Gasteiger partial charge in [-0.1, -0.05) is 84.4 Å². The lowest BCUT2D eigenvalue weighted by molar-refractivity contribution is -0.141. The Morgan fingerprint density at radius 2 is 1.38 bits per heavy atom. The molecule has 0 bridgehead atoms. The first kappa shape index (κ1) is 26.1. The fraction of sp³-hybridized carbons (Fsp3) is 0.194. The monoisotopic (exact) mass is 511 g/mol. The van der Waals surface area contributed by atoms with E-state index in [1.807, 2.05) is 84.9 Å². The van der Waals surface area contributed by atoms with Crippen molar-refractivity contribution in [3.8, 4) is 0 Å². The largest absolute Gasteiger partial charge is 0.350 e. The zero-order chi connectivity index (χ0) is 25.9. The van der Waals surface area contributed by atoms with E-state index in [2.05, 4.69) is 10.3 Å². The minimum absolute atomic E-state index is 0.0706. The highest BCUT2D eigenvalue weighted by Crippen LogP contribution is 2.18. The molecule has 4 rings (SSSR count). The highest BCUT2D eigenvalue weighted by molar-refractivity contribution is 6.30. The van der Waals surface area contributed by atoms with E-state index in [4.69, 9.17) is 11.6 Å². The number of carbonyl (C=O) groups excluding carboxylic acids is 2. The average Bonchev–Trinajstić information content (AvgIpc) is 2.95. The van der Waals surface area contributed by atoms with E-state index in [1.165, 1.54) is 0 Å². The second kappa shape index (κ2) is 13.4. The number of aryl methyl sites for hydroxylation is 1. The van der Waals surface area contributed by atoms with Crippen molar-refractivity contribution < 1.29 is 9.59 Å². The van der Waals surface area contributed by atoms with Crippen molar-refractivity contribution in [3.63, 3.8) is 0 Å². The van der Waals surface area contributed by atoms with Gasteiger partial charge in [0.1, 0.15) is 6.04 Å². The smallest absolute Gasteiger partial charge is 0.243 e. The Kier molecular flexibility index (Phi) is 9.44. The van der Waals surface area contributed by atoms with Gasteiger partial charge in [0.2, 0.25) is 11.8 Å². The summed E-state index contributed by atoms with van der Waals surface area (Å²) in [4.78, 5) is 33.1. The third-order valence-corrected chi connectivity index (χ3v) is 6.48. The number of halogens is 1. The third-order valence-electron chi connectivity index (χ3n) is 6.22. The number of rotatable bonds is 11. The SMILES string of the molecule is O=C(NCc1ccncc1)[C@H](Cc1ccccc1)N(Cc1ccc(Cl)cc1)C(=O)CCc1ccccc1. The number of pyridine rings is 1. The highest BCUT2D eigenvalue weighted by atomic mass is 35.5. The second-order valence-electron chi connectivity index (χ2n) is 8.91. The molecular weight excluding hydrogens is 482 g/mol. The molecule has 1 atom stereocenters. The topological polar surface area (TPSA) is 62.3 Å². The zero-order valence-electron chi connectivity index (χ0n) is 20.6. The molecule has 5 nitrogen and oxygen atoms in total. The van der Waals surface area contributed by atoms with Crippen LogP contribution in [0.1, 0.15) is 28.7 Å². The van der Waals surface area contributed by atoms with Gasteiger partial charge in [0.15, 0.2) is 0 Å². The maximum absolute atomic E-state index is 13.7. The number of nitrogens with zero attached hydrogens (tertiary/aromatic N) is 2. The van der Waals surface area contributed by atoms with E-state index in [1.54, 1.807) is 29.4 Å². The summed E-state index contributed by atoms with van der Waals surface area (Å²) in [5.41, 5.74) is 3.94. The lowest BCUT2D eigenvalue weighted by Crippen LogP contribution is -2.50. The Hall–Kier alpha value is -3.96. The molecule has 0 saturated carbocycles. The van der Waals surface area contributed by atoms with E-state index in [9.17, 15) is 9.59 Å². The standard InChI is InChI=1S/C31H30ClN3O2/c32-28-14-11-27(12-15-28)23-35(30(36)16-13-24-7-3-1-4-8-24)29(21-25-9-5-2-6-10-25)31(37)34-22-26-17-19-33-20-18-26/h1-12,14-15,17-20,29H,13,16,21-23H2,(H,34,37)/t29-/m0/s1. The summed E-state index contributed by atoms with van der Waals surface area (Å²) in [6.45, 7) is 0.671. The summed E-state index contributed by atoms with van der Waals surface area (Å²) in [5.74, 6) is -0.263.